The van der Waals surface area contributed by atoms with E-state index in [1.165, 1.54) is 23.9 Å². The molecular weight excluding hydrogens is 176 g/mol. The van der Waals surface area contributed by atoms with Crippen molar-refractivity contribution in [2.24, 2.45) is 7.05 Å². The van der Waals surface area contributed by atoms with Crippen LogP contribution in [0.3, 0.4) is 0 Å². The molecule has 1 aliphatic carbocycles. The monoisotopic (exact) mass is 188 g/mol. The molecule has 3 rings (SSSR count). The Morgan fingerprint density at radius 3 is 2.93 bits per heavy atom. The Hall–Kier alpha value is -1.51. The van der Waals surface area contributed by atoms with E-state index in [1.807, 2.05) is 17.8 Å². The molecule has 0 amide bonds. The van der Waals surface area contributed by atoms with Crippen molar-refractivity contribution in [1.82, 2.24) is 9.78 Å². The van der Waals surface area contributed by atoms with Crippen LogP contribution < -0.4 is 0 Å². The number of aromatic nitrogens is 2. The van der Waals surface area contributed by atoms with Crippen molar-refractivity contribution in [2.75, 3.05) is 0 Å². The van der Waals surface area contributed by atoms with E-state index in [4.69, 9.17) is 0 Å². The van der Waals surface area contributed by atoms with Crippen molar-refractivity contribution in [3.8, 4) is 5.75 Å². The number of hydrogen-bond acceptors (Lipinski definition) is 2. The fourth-order valence-corrected chi connectivity index (χ4v) is 2.05. The lowest BCUT2D eigenvalue weighted by Gasteiger charge is -1.98. The SMILES string of the molecule is Cn1nc2cc(O)ccc2c1C1CC1. The maximum Gasteiger partial charge on any atom is 0.117 e. The van der Waals surface area contributed by atoms with Gasteiger partial charge in [-0.2, -0.15) is 5.10 Å². The second-order valence-electron chi connectivity index (χ2n) is 3.98. The molecular formula is C11H12N2O. The Labute approximate surface area is 82.0 Å². The Balaban J connectivity index is 2.32. The van der Waals surface area contributed by atoms with Gasteiger partial charge in [-0.1, -0.05) is 0 Å². The molecule has 72 valence electrons. The van der Waals surface area contributed by atoms with E-state index in [1.54, 1.807) is 12.1 Å². The van der Waals surface area contributed by atoms with E-state index in [9.17, 15) is 5.11 Å². The molecule has 0 bridgehead atoms. The Kier molecular flexibility index (Phi) is 1.40. The zero-order chi connectivity index (χ0) is 9.71. The van der Waals surface area contributed by atoms with Crippen LogP contribution in [0.5, 0.6) is 5.75 Å². The molecule has 14 heavy (non-hydrogen) atoms. The largest absolute Gasteiger partial charge is 0.508 e. The van der Waals surface area contributed by atoms with Crippen LogP contribution >= 0.6 is 0 Å². The average Bonchev–Trinajstić information content (AvgIpc) is 2.89. The first-order valence-electron chi connectivity index (χ1n) is 4.91. The number of phenolic OH excluding ortho intramolecular Hbond substituents is 1. The Bertz CT molecular complexity index is 497. The van der Waals surface area contributed by atoms with Crippen molar-refractivity contribution >= 4 is 10.9 Å². The first-order valence-corrected chi connectivity index (χ1v) is 4.91. The number of aryl methyl sites for hydroxylation is 1. The van der Waals surface area contributed by atoms with Crippen LogP contribution in [-0.4, -0.2) is 14.9 Å². The van der Waals surface area contributed by atoms with Gasteiger partial charge in [0.25, 0.3) is 0 Å². The molecule has 0 spiro atoms. The maximum absolute atomic E-state index is 9.34. The molecule has 1 saturated carbocycles. The normalized spacial score (nSPS) is 16.4. The van der Waals surface area contributed by atoms with Gasteiger partial charge < -0.3 is 5.11 Å². The highest BCUT2D eigenvalue weighted by Gasteiger charge is 2.28. The molecule has 0 aliphatic heterocycles. The highest BCUT2D eigenvalue weighted by molar-refractivity contribution is 5.83. The van der Waals surface area contributed by atoms with Gasteiger partial charge in [-0.25, -0.2) is 0 Å². The number of aromatic hydroxyl groups is 1. The molecule has 1 aromatic carbocycles. The third-order valence-corrected chi connectivity index (χ3v) is 2.83. The summed E-state index contributed by atoms with van der Waals surface area (Å²) in [5.74, 6) is 0.979. The quantitative estimate of drug-likeness (QED) is 0.744. The van der Waals surface area contributed by atoms with Gasteiger partial charge in [-0.3, -0.25) is 4.68 Å². The van der Waals surface area contributed by atoms with Crippen LogP contribution in [0, 0.1) is 0 Å². The van der Waals surface area contributed by atoms with Crippen LogP contribution in [0.1, 0.15) is 24.5 Å². The molecule has 1 aliphatic rings. The van der Waals surface area contributed by atoms with Crippen molar-refractivity contribution in [2.45, 2.75) is 18.8 Å². The highest BCUT2D eigenvalue weighted by atomic mass is 16.3. The summed E-state index contributed by atoms with van der Waals surface area (Å²) >= 11 is 0. The number of nitrogens with zero attached hydrogens (tertiary/aromatic N) is 2. The van der Waals surface area contributed by atoms with Crippen molar-refractivity contribution in [3.63, 3.8) is 0 Å². The first kappa shape index (κ1) is 7.85. The van der Waals surface area contributed by atoms with Gasteiger partial charge in [0.2, 0.25) is 0 Å². The zero-order valence-electron chi connectivity index (χ0n) is 8.07. The van der Waals surface area contributed by atoms with E-state index < -0.39 is 0 Å². The molecule has 3 heteroatoms. The number of benzene rings is 1. The lowest BCUT2D eigenvalue weighted by molar-refractivity contribution is 0.476. The minimum atomic E-state index is 0.290. The molecule has 1 fully saturated rings. The second kappa shape index (κ2) is 2.50. The standard InChI is InChI=1S/C11H12N2O/c1-13-11(7-2-3-7)9-5-4-8(14)6-10(9)12-13/h4-7,14H,2-3H2,1H3. The van der Waals surface area contributed by atoms with Crippen LogP contribution in [0.2, 0.25) is 0 Å². The van der Waals surface area contributed by atoms with Crippen molar-refractivity contribution < 1.29 is 5.11 Å². The lowest BCUT2D eigenvalue weighted by Crippen LogP contribution is -1.95. The molecule has 0 unspecified atom stereocenters. The minimum absolute atomic E-state index is 0.290. The molecule has 0 atom stereocenters. The third kappa shape index (κ3) is 1.02. The van der Waals surface area contributed by atoms with E-state index in [2.05, 4.69) is 5.10 Å². The summed E-state index contributed by atoms with van der Waals surface area (Å²) < 4.78 is 1.95. The van der Waals surface area contributed by atoms with E-state index in [-0.39, 0.29) is 5.75 Å². The summed E-state index contributed by atoms with van der Waals surface area (Å²) in [4.78, 5) is 0. The fraction of sp³-hybridized carbons (Fsp3) is 0.364. The Morgan fingerprint density at radius 1 is 1.43 bits per heavy atom. The molecule has 1 heterocycles. The summed E-state index contributed by atoms with van der Waals surface area (Å²) in [6.45, 7) is 0. The smallest absolute Gasteiger partial charge is 0.117 e. The summed E-state index contributed by atoms with van der Waals surface area (Å²) in [5.41, 5.74) is 2.22. The highest BCUT2D eigenvalue weighted by Crippen LogP contribution is 2.43. The van der Waals surface area contributed by atoms with Crippen LogP contribution in [0.15, 0.2) is 18.2 Å². The molecule has 0 radical (unpaired) electrons. The topological polar surface area (TPSA) is 38.0 Å². The average molecular weight is 188 g/mol. The van der Waals surface area contributed by atoms with Gasteiger partial charge in [-0.05, 0) is 25.0 Å². The summed E-state index contributed by atoms with van der Waals surface area (Å²) in [5, 5.41) is 14.9. The molecule has 3 nitrogen and oxygen atoms in total. The first-order chi connectivity index (χ1) is 6.75. The van der Waals surface area contributed by atoms with Gasteiger partial charge in [0.1, 0.15) is 5.75 Å². The van der Waals surface area contributed by atoms with Crippen LogP contribution in [-0.2, 0) is 7.05 Å². The van der Waals surface area contributed by atoms with Crippen LogP contribution in [0.4, 0.5) is 0 Å². The van der Waals surface area contributed by atoms with Gasteiger partial charge in [0.15, 0.2) is 0 Å². The molecule has 1 N–H and O–H groups in total. The fourth-order valence-electron chi connectivity index (χ4n) is 2.05. The number of hydrogen-bond donors (Lipinski definition) is 1. The summed E-state index contributed by atoms with van der Waals surface area (Å²) in [6, 6.07) is 5.42. The van der Waals surface area contributed by atoms with Gasteiger partial charge in [-0.15, -0.1) is 0 Å². The second-order valence-corrected chi connectivity index (χ2v) is 3.98. The molecule has 0 saturated heterocycles. The zero-order valence-corrected chi connectivity index (χ0v) is 8.07. The summed E-state index contributed by atoms with van der Waals surface area (Å²) in [7, 11) is 1.98. The number of rotatable bonds is 1. The van der Waals surface area contributed by atoms with Gasteiger partial charge in [0, 0.05) is 30.1 Å². The number of fused-ring (bicyclic) bond motifs is 1. The third-order valence-electron chi connectivity index (χ3n) is 2.83. The van der Waals surface area contributed by atoms with Gasteiger partial charge in [0.05, 0.1) is 5.52 Å². The predicted molar refractivity (Wildman–Crippen MR) is 54.4 cm³/mol. The molecule has 1 aromatic heterocycles. The molecule has 2 aromatic rings. The van der Waals surface area contributed by atoms with Crippen molar-refractivity contribution in [1.29, 1.82) is 0 Å². The Morgan fingerprint density at radius 2 is 2.21 bits per heavy atom. The lowest BCUT2D eigenvalue weighted by atomic mass is 10.1. The van der Waals surface area contributed by atoms with Crippen molar-refractivity contribution in [3.05, 3.63) is 23.9 Å². The van der Waals surface area contributed by atoms with E-state index in [0.29, 0.717) is 5.92 Å². The van der Waals surface area contributed by atoms with Crippen LogP contribution in [0.25, 0.3) is 10.9 Å². The van der Waals surface area contributed by atoms with E-state index in [0.717, 1.165) is 5.52 Å². The summed E-state index contributed by atoms with van der Waals surface area (Å²) in [6.07, 6.45) is 2.55. The minimum Gasteiger partial charge on any atom is -0.508 e. The van der Waals surface area contributed by atoms with E-state index >= 15 is 0 Å². The number of phenols is 1. The maximum atomic E-state index is 9.34. The predicted octanol–water partition coefficient (Wildman–Crippen LogP) is 2.16. The van der Waals surface area contributed by atoms with Gasteiger partial charge >= 0.3 is 0 Å².